The van der Waals surface area contributed by atoms with Crippen molar-refractivity contribution in [1.82, 2.24) is 10.2 Å². The van der Waals surface area contributed by atoms with Gasteiger partial charge >= 0.3 is 0 Å². The van der Waals surface area contributed by atoms with Crippen molar-refractivity contribution in [1.29, 1.82) is 0 Å². The fourth-order valence-electron chi connectivity index (χ4n) is 2.30. The number of hydrogen-bond donors (Lipinski definition) is 2. The number of hydrogen-bond acceptors (Lipinski definition) is 3. The van der Waals surface area contributed by atoms with Crippen LogP contribution in [0.3, 0.4) is 0 Å². The monoisotopic (exact) mass is 241 g/mol. The van der Waals surface area contributed by atoms with Gasteiger partial charge in [-0.3, -0.25) is 9.69 Å². The van der Waals surface area contributed by atoms with E-state index in [1.165, 1.54) is 19.3 Å². The van der Waals surface area contributed by atoms with Gasteiger partial charge in [0.1, 0.15) is 0 Å². The lowest BCUT2D eigenvalue weighted by atomic mass is 10.1. The quantitative estimate of drug-likeness (QED) is 0.656. The molecule has 1 aliphatic rings. The molecule has 0 aromatic carbocycles. The molecule has 0 aromatic heterocycles. The van der Waals surface area contributed by atoms with Gasteiger partial charge in [0.2, 0.25) is 5.91 Å². The van der Waals surface area contributed by atoms with Crippen LogP contribution in [0, 0.1) is 0 Å². The summed E-state index contributed by atoms with van der Waals surface area (Å²) in [5, 5.41) is 3.06. The van der Waals surface area contributed by atoms with Crippen LogP contribution in [0.2, 0.25) is 0 Å². The molecule has 1 unspecified atom stereocenters. The largest absolute Gasteiger partial charge is 0.353 e. The van der Waals surface area contributed by atoms with Gasteiger partial charge in [0.05, 0.1) is 6.54 Å². The zero-order valence-corrected chi connectivity index (χ0v) is 11.2. The van der Waals surface area contributed by atoms with E-state index in [1.807, 2.05) is 0 Å². The molecule has 1 rings (SSSR count). The predicted molar refractivity (Wildman–Crippen MR) is 70.8 cm³/mol. The van der Waals surface area contributed by atoms with Crippen molar-refractivity contribution in [3.8, 4) is 0 Å². The van der Waals surface area contributed by atoms with Crippen molar-refractivity contribution in [3.05, 3.63) is 0 Å². The minimum Gasteiger partial charge on any atom is -0.353 e. The number of carbonyl (C=O) groups excluding carboxylic acids is 1. The maximum absolute atomic E-state index is 11.8. The summed E-state index contributed by atoms with van der Waals surface area (Å²) in [6.07, 6.45) is 5.78. The normalized spacial score (nSPS) is 22.6. The standard InChI is InChI=1S/C13H27N3O/c1-3-4-5-6-11(2)15-13(17)10-16-8-7-12(14)9-16/h11-12H,3-10,14H2,1-2H3,(H,15,17)/t11?,12-/m0/s1. The van der Waals surface area contributed by atoms with Crippen molar-refractivity contribution < 1.29 is 4.79 Å². The molecule has 0 radical (unpaired) electrons. The SMILES string of the molecule is CCCCCC(C)NC(=O)CN1CC[C@H](N)C1. The molecule has 1 heterocycles. The molecule has 1 amide bonds. The molecule has 1 aliphatic heterocycles. The van der Waals surface area contributed by atoms with E-state index in [-0.39, 0.29) is 11.9 Å². The van der Waals surface area contributed by atoms with E-state index in [1.54, 1.807) is 0 Å². The Bertz CT molecular complexity index is 233. The van der Waals surface area contributed by atoms with Crippen LogP contribution in [0.1, 0.15) is 46.0 Å². The molecule has 0 bridgehead atoms. The average Bonchev–Trinajstić information content (AvgIpc) is 2.64. The lowest BCUT2D eigenvalue weighted by Gasteiger charge is -2.18. The summed E-state index contributed by atoms with van der Waals surface area (Å²) >= 11 is 0. The van der Waals surface area contributed by atoms with E-state index in [2.05, 4.69) is 24.1 Å². The molecule has 1 saturated heterocycles. The van der Waals surface area contributed by atoms with Crippen molar-refractivity contribution in [2.75, 3.05) is 19.6 Å². The zero-order chi connectivity index (χ0) is 12.7. The highest BCUT2D eigenvalue weighted by Gasteiger charge is 2.21. The summed E-state index contributed by atoms with van der Waals surface area (Å²) in [4.78, 5) is 13.9. The van der Waals surface area contributed by atoms with Crippen LogP contribution in [0.25, 0.3) is 0 Å². The number of nitrogens with two attached hydrogens (primary N) is 1. The topological polar surface area (TPSA) is 58.4 Å². The smallest absolute Gasteiger partial charge is 0.234 e. The van der Waals surface area contributed by atoms with Crippen LogP contribution in [-0.2, 0) is 4.79 Å². The van der Waals surface area contributed by atoms with Gasteiger partial charge < -0.3 is 11.1 Å². The van der Waals surface area contributed by atoms with Gasteiger partial charge in [-0.05, 0) is 19.8 Å². The van der Waals surface area contributed by atoms with Crippen LogP contribution in [0.4, 0.5) is 0 Å². The molecule has 0 aliphatic carbocycles. The third kappa shape index (κ3) is 6.03. The second-order valence-corrected chi connectivity index (χ2v) is 5.25. The molecule has 0 aromatic rings. The van der Waals surface area contributed by atoms with Crippen LogP contribution < -0.4 is 11.1 Å². The summed E-state index contributed by atoms with van der Waals surface area (Å²) in [6.45, 7) is 6.60. The Kier molecular flexibility index (Phi) is 6.52. The fraction of sp³-hybridized carbons (Fsp3) is 0.923. The van der Waals surface area contributed by atoms with Gasteiger partial charge in [-0.25, -0.2) is 0 Å². The minimum atomic E-state index is 0.142. The van der Waals surface area contributed by atoms with Crippen LogP contribution >= 0.6 is 0 Å². The number of amides is 1. The number of likely N-dealkylation sites (tertiary alicyclic amines) is 1. The van der Waals surface area contributed by atoms with Crippen LogP contribution in [0.15, 0.2) is 0 Å². The molecule has 100 valence electrons. The Hall–Kier alpha value is -0.610. The van der Waals surface area contributed by atoms with E-state index in [0.717, 1.165) is 25.9 Å². The summed E-state index contributed by atoms with van der Waals surface area (Å²) in [5.74, 6) is 0.142. The molecule has 0 saturated carbocycles. The van der Waals surface area contributed by atoms with Crippen molar-refractivity contribution in [2.45, 2.75) is 58.0 Å². The fourth-order valence-corrected chi connectivity index (χ4v) is 2.30. The van der Waals surface area contributed by atoms with Crippen molar-refractivity contribution in [3.63, 3.8) is 0 Å². The van der Waals surface area contributed by atoms with Gasteiger partial charge in [0, 0.05) is 25.2 Å². The molecule has 4 heteroatoms. The van der Waals surface area contributed by atoms with E-state index >= 15 is 0 Å². The van der Waals surface area contributed by atoms with Gasteiger partial charge in [0.25, 0.3) is 0 Å². The van der Waals surface area contributed by atoms with Crippen molar-refractivity contribution >= 4 is 5.91 Å². The molecule has 0 spiro atoms. The molecule has 4 nitrogen and oxygen atoms in total. The Labute approximate surface area is 105 Å². The zero-order valence-electron chi connectivity index (χ0n) is 11.2. The average molecular weight is 241 g/mol. The molecule has 17 heavy (non-hydrogen) atoms. The van der Waals surface area contributed by atoms with E-state index in [0.29, 0.717) is 12.6 Å². The molecule has 1 fully saturated rings. The summed E-state index contributed by atoms with van der Waals surface area (Å²) < 4.78 is 0. The van der Waals surface area contributed by atoms with Crippen molar-refractivity contribution in [2.24, 2.45) is 5.73 Å². The van der Waals surface area contributed by atoms with Gasteiger partial charge in [-0.1, -0.05) is 26.2 Å². The third-order valence-corrected chi connectivity index (χ3v) is 3.32. The van der Waals surface area contributed by atoms with Gasteiger partial charge in [0.15, 0.2) is 0 Å². The first-order valence-corrected chi connectivity index (χ1v) is 6.89. The lowest BCUT2D eigenvalue weighted by Crippen LogP contribution is -2.41. The highest BCUT2D eigenvalue weighted by atomic mass is 16.2. The molecular weight excluding hydrogens is 214 g/mol. The van der Waals surface area contributed by atoms with E-state index in [9.17, 15) is 4.79 Å². The Morgan fingerprint density at radius 2 is 2.29 bits per heavy atom. The maximum Gasteiger partial charge on any atom is 0.234 e. The minimum absolute atomic E-state index is 0.142. The highest BCUT2D eigenvalue weighted by Crippen LogP contribution is 2.06. The van der Waals surface area contributed by atoms with Crippen LogP contribution in [0.5, 0.6) is 0 Å². The second-order valence-electron chi connectivity index (χ2n) is 5.25. The van der Waals surface area contributed by atoms with Gasteiger partial charge in [-0.15, -0.1) is 0 Å². The van der Waals surface area contributed by atoms with Gasteiger partial charge in [-0.2, -0.15) is 0 Å². The Balaban J connectivity index is 2.11. The van der Waals surface area contributed by atoms with E-state index in [4.69, 9.17) is 5.73 Å². The van der Waals surface area contributed by atoms with E-state index < -0.39 is 0 Å². The summed E-state index contributed by atoms with van der Waals surface area (Å²) in [6, 6.07) is 0.551. The number of nitrogens with zero attached hydrogens (tertiary/aromatic N) is 1. The summed E-state index contributed by atoms with van der Waals surface area (Å²) in [5.41, 5.74) is 5.81. The predicted octanol–water partition coefficient (Wildman–Crippen LogP) is 1.10. The lowest BCUT2D eigenvalue weighted by molar-refractivity contribution is -0.122. The highest BCUT2D eigenvalue weighted by molar-refractivity contribution is 5.78. The molecule has 2 atom stereocenters. The number of carbonyl (C=O) groups is 1. The third-order valence-electron chi connectivity index (χ3n) is 3.32. The number of rotatable bonds is 7. The maximum atomic E-state index is 11.8. The number of unbranched alkanes of at least 4 members (excludes halogenated alkanes) is 2. The summed E-state index contributed by atoms with van der Waals surface area (Å²) in [7, 11) is 0. The first-order chi connectivity index (χ1) is 8.11. The number of nitrogens with one attached hydrogen (secondary N) is 1. The Morgan fingerprint density at radius 3 is 2.88 bits per heavy atom. The molecule has 3 N–H and O–H groups in total. The first kappa shape index (κ1) is 14.5. The first-order valence-electron chi connectivity index (χ1n) is 6.89. The second kappa shape index (κ2) is 7.67. The molecular formula is C13H27N3O. The Morgan fingerprint density at radius 1 is 1.53 bits per heavy atom. The van der Waals surface area contributed by atoms with Crippen LogP contribution in [-0.4, -0.2) is 42.5 Å².